The molecule has 2 rings (SSSR count). The van der Waals surface area contributed by atoms with Crippen molar-refractivity contribution in [3.8, 4) is 0 Å². The molecular weight excluding hydrogens is 248 g/mol. The summed E-state index contributed by atoms with van der Waals surface area (Å²) < 4.78 is 0. The molecule has 0 amide bonds. The van der Waals surface area contributed by atoms with Crippen LogP contribution in [0.3, 0.4) is 0 Å². The number of nitrogens with zero attached hydrogens (tertiary/aromatic N) is 1. The fourth-order valence-corrected chi connectivity index (χ4v) is 2.66. The molecule has 0 bridgehead atoms. The first-order valence-corrected chi connectivity index (χ1v) is 6.72. The maximum Gasteiger partial charge on any atom is 0.0599 e. The highest BCUT2D eigenvalue weighted by Crippen LogP contribution is 2.19. The molecule has 0 aliphatic carbocycles. The summed E-state index contributed by atoms with van der Waals surface area (Å²) in [5, 5.41) is 13.7. The van der Waals surface area contributed by atoms with E-state index in [0.717, 1.165) is 24.7 Å². The molecule has 1 atom stereocenters. The van der Waals surface area contributed by atoms with E-state index in [1.165, 1.54) is 5.56 Å². The maximum atomic E-state index is 9.46. The molecule has 1 aromatic carbocycles. The van der Waals surface area contributed by atoms with Crippen molar-refractivity contribution in [2.24, 2.45) is 0 Å². The number of piperazine rings is 1. The second-order valence-corrected chi connectivity index (χ2v) is 6.07. The van der Waals surface area contributed by atoms with Crippen LogP contribution in [-0.2, 0) is 6.54 Å². The number of hydrogen-bond donors (Lipinski definition) is 2. The fourth-order valence-electron chi connectivity index (χ4n) is 2.45. The van der Waals surface area contributed by atoms with Crippen molar-refractivity contribution in [2.75, 3.05) is 19.7 Å². The predicted molar refractivity (Wildman–Crippen MR) is 74.8 cm³/mol. The molecule has 0 spiro atoms. The molecular formula is C14H21ClN2O. The number of hydrogen-bond acceptors (Lipinski definition) is 3. The van der Waals surface area contributed by atoms with Gasteiger partial charge in [0.2, 0.25) is 0 Å². The fraction of sp³-hybridized carbons (Fsp3) is 0.571. The zero-order chi connectivity index (χ0) is 13.2. The van der Waals surface area contributed by atoms with Crippen LogP contribution in [0.4, 0.5) is 0 Å². The molecule has 100 valence electrons. The van der Waals surface area contributed by atoms with E-state index in [9.17, 15) is 5.11 Å². The summed E-state index contributed by atoms with van der Waals surface area (Å²) in [7, 11) is 0. The zero-order valence-electron chi connectivity index (χ0n) is 11.0. The van der Waals surface area contributed by atoms with Crippen LogP contribution in [0.1, 0.15) is 19.4 Å². The van der Waals surface area contributed by atoms with Gasteiger partial charge in [0, 0.05) is 36.2 Å². The number of rotatable bonds is 3. The topological polar surface area (TPSA) is 35.5 Å². The van der Waals surface area contributed by atoms with Crippen molar-refractivity contribution in [3.63, 3.8) is 0 Å². The lowest BCUT2D eigenvalue weighted by Gasteiger charge is -2.44. The lowest BCUT2D eigenvalue weighted by atomic mass is 9.98. The van der Waals surface area contributed by atoms with Crippen molar-refractivity contribution in [3.05, 3.63) is 34.9 Å². The zero-order valence-corrected chi connectivity index (χ0v) is 11.7. The van der Waals surface area contributed by atoms with Gasteiger partial charge in [0.15, 0.2) is 0 Å². The first-order valence-electron chi connectivity index (χ1n) is 6.34. The van der Waals surface area contributed by atoms with Crippen LogP contribution in [0.5, 0.6) is 0 Å². The third-order valence-corrected chi connectivity index (χ3v) is 3.65. The Balaban J connectivity index is 2.09. The predicted octanol–water partition coefficient (Wildman–Crippen LogP) is 1.88. The molecule has 1 heterocycles. The minimum atomic E-state index is 0.0875. The van der Waals surface area contributed by atoms with E-state index in [1.54, 1.807) is 0 Å². The Labute approximate surface area is 114 Å². The lowest BCUT2D eigenvalue weighted by Crippen LogP contribution is -2.62. The highest BCUT2D eigenvalue weighted by Gasteiger charge is 2.31. The third-order valence-electron chi connectivity index (χ3n) is 3.42. The van der Waals surface area contributed by atoms with E-state index in [2.05, 4.69) is 30.1 Å². The van der Waals surface area contributed by atoms with Gasteiger partial charge in [-0.2, -0.15) is 0 Å². The average Bonchev–Trinajstić information content (AvgIpc) is 2.28. The van der Waals surface area contributed by atoms with Crippen LogP contribution >= 0.6 is 11.6 Å². The normalized spacial score (nSPS) is 24.1. The Hall–Kier alpha value is -0.610. The number of halogens is 1. The summed E-state index contributed by atoms with van der Waals surface area (Å²) in [6.07, 6.45) is 0. The first kappa shape index (κ1) is 13.8. The van der Waals surface area contributed by atoms with Gasteiger partial charge in [-0.15, -0.1) is 0 Å². The van der Waals surface area contributed by atoms with Crippen LogP contribution in [0.2, 0.25) is 5.02 Å². The van der Waals surface area contributed by atoms with Crippen LogP contribution in [-0.4, -0.2) is 41.3 Å². The van der Waals surface area contributed by atoms with Gasteiger partial charge >= 0.3 is 0 Å². The smallest absolute Gasteiger partial charge is 0.0599 e. The molecule has 0 saturated carbocycles. The van der Waals surface area contributed by atoms with E-state index >= 15 is 0 Å². The molecule has 1 aliphatic rings. The first-order chi connectivity index (χ1) is 8.50. The SMILES string of the molecule is CC1(C)CN(Cc2cccc(Cl)c2)C(CO)CN1. The molecule has 1 aromatic rings. The summed E-state index contributed by atoms with van der Waals surface area (Å²) in [4.78, 5) is 2.32. The van der Waals surface area contributed by atoms with Crippen LogP contribution in [0, 0.1) is 0 Å². The lowest BCUT2D eigenvalue weighted by molar-refractivity contribution is 0.0513. The maximum absolute atomic E-state index is 9.46. The van der Waals surface area contributed by atoms with Crippen LogP contribution < -0.4 is 5.32 Å². The van der Waals surface area contributed by atoms with Crippen LogP contribution in [0.25, 0.3) is 0 Å². The van der Waals surface area contributed by atoms with Crippen LogP contribution in [0.15, 0.2) is 24.3 Å². The monoisotopic (exact) mass is 268 g/mol. The van der Waals surface area contributed by atoms with E-state index in [4.69, 9.17) is 11.6 Å². The molecule has 0 aromatic heterocycles. The van der Waals surface area contributed by atoms with Gasteiger partial charge in [-0.05, 0) is 31.5 Å². The summed E-state index contributed by atoms with van der Waals surface area (Å²) >= 11 is 6.01. The average molecular weight is 269 g/mol. The van der Waals surface area contributed by atoms with Gasteiger partial charge in [-0.3, -0.25) is 4.90 Å². The molecule has 0 radical (unpaired) electrons. The summed E-state index contributed by atoms with van der Waals surface area (Å²) in [5.41, 5.74) is 1.28. The van der Waals surface area contributed by atoms with Gasteiger partial charge in [-0.1, -0.05) is 23.7 Å². The largest absolute Gasteiger partial charge is 0.395 e. The van der Waals surface area contributed by atoms with Gasteiger partial charge in [-0.25, -0.2) is 0 Å². The van der Waals surface area contributed by atoms with Crippen molar-refractivity contribution in [1.82, 2.24) is 10.2 Å². The van der Waals surface area contributed by atoms with E-state index < -0.39 is 0 Å². The second-order valence-electron chi connectivity index (χ2n) is 5.64. The van der Waals surface area contributed by atoms with Crippen molar-refractivity contribution in [2.45, 2.75) is 32.0 Å². The molecule has 1 fully saturated rings. The quantitative estimate of drug-likeness (QED) is 0.879. The van der Waals surface area contributed by atoms with Gasteiger partial charge in [0.1, 0.15) is 0 Å². The summed E-state index contributed by atoms with van der Waals surface area (Å²) in [6.45, 7) is 7.13. The summed E-state index contributed by atoms with van der Waals surface area (Å²) in [6, 6.07) is 8.10. The van der Waals surface area contributed by atoms with E-state index in [-0.39, 0.29) is 18.2 Å². The number of benzene rings is 1. The Bertz CT molecular complexity index is 409. The molecule has 1 saturated heterocycles. The van der Waals surface area contributed by atoms with Gasteiger partial charge < -0.3 is 10.4 Å². The number of aliphatic hydroxyl groups excluding tert-OH is 1. The van der Waals surface area contributed by atoms with Crippen molar-refractivity contribution < 1.29 is 5.11 Å². The molecule has 2 N–H and O–H groups in total. The highest BCUT2D eigenvalue weighted by molar-refractivity contribution is 6.30. The molecule has 18 heavy (non-hydrogen) atoms. The molecule has 4 heteroatoms. The number of aliphatic hydroxyl groups is 1. The Kier molecular flexibility index (Phi) is 4.28. The minimum absolute atomic E-state index is 0.0875. The molecule has 1 unspecified atom stereocenters. The summed E-state index contributed by atoms with van der Waals surface area (Å²) in [5.74, 6) is 0. The Morgan fingerprint density at radius 2 is 2.28 bits per heavy atom. The third kappa shape index (κ3) is 3.45. The second kappa shape index (κ2) is 5.57. The van der Waals surface area contributed by atoms with Crippen molar-refractivity contribution in [1.29, 1.82) is 0 Å². The molecule has 1 aliphatic heterocycles. The van der Waals surface area contributed by atoms with Crippen molar-refractivity contribution >= 4 is 11.6 Å². The Morgan fingerprint density at radius 3 is 2.94 bits per heavy atom. The minimum Gasteiger partial charge on any atom is -0.395 e. The molecule has 3 nitrogen and oxygen atoms in total. The number of nitrogens with one attached hydrogen (secondary N) is 1. The highest BCUT2D eigenvalue weighted by atomic mass is 35.5. The van der Waals surface area contributed by atoms with Gasteiger partial charge in [0.25, 0.3) is 0 Å². The van der Waals surface area contributed by atoms with E-state index in [1.807, 2.05) is 18.2 Å². The van der Waals surface area contributed by atoms with Gasteiger partial charge in [0.05, 0.1) is 6.61 Å². The Morgan fingerprint density at radius 1 is 1.50 bits per heavy atom. The standard InChI is InChI=1S/C14H21ClN2O/c1-14(2)10-17(13(9-18)7-16-14)8-11-4-3-5-12(15)6-11/h3-6,13,16,18H,7-10H2,1-2H3. The van der Waals surface area contributed by atoms with E-state index in [0.29, 0.717) is 0 Å².